The normalized spacial score (nSPS) is 28.1. The summed E-state index contributed by atoms with van der Waals surface area (Å²) in [5.74, 6) is 1.27. The van der Waals surface area contributed by atoms with Crippen LogP contribution in [0.3, 0.4) is 0 Å². The number of pyridine rings is 1. The molecule has 3 aliphatic rings. The lowest BCUT2D eigenvalue weighted by Gasteiger charge is -2.51. The number of hydrogen-bond acceptors (Lipinski definition) is 6. The molecular weight excluding hydrogens is 344 g/mol. The molecule has 4 heterocycles. The second-order valence-electron chi connectivity index (χ2n) is 7.60. The van der Waals surface area contributed by atoms with Crippen LogP contribution in [0.1, 0.15) is 31.4 Å². The van der Waals surface area contributed by atoms with Crippen LogP contribution in [-0.4, -0.2) is 53.8 Å². The molecule has 1 N–H and O–H groups in total. The molecule has 3 fully saturated rings. The Kier molecular flexibility index (Phi) is 5.02. The Bertz CT molecular complexity index is 840. The second kappa shape index (κ2) is 7.44. The van der Waals surface area contributed by atoms with Crippen molar-refractivity contribution in [3.8, 4) is 5.75 Å². The van der Waals surface area contributed by atoms with Gasteiger partial charge in [0.05, 0.1) is 18.7 Å². The van der Waals surface area contributed by atoms with E-state index in [-0.39, 0.29) is 24.7 Å². The number of esters is 1. The molecule has 2 aromatic rings. The highest BCUT2D eigenvalue weighted by atomic mass is 16.5. The first kappa shape index (κ1) is 18.2. The van der Waals surface area contributed by atoms with E-state index in [2.05, 4.69) is 9.88 Å². The Morgan fingerprint density at radius 1 is 1.41 bits per heavy atom. The molecule has 0 radical (unpaired) electrons. The van der Waals surface area contributed by atoms with E-state index in [0.29, 0.717) is 11.8 Å². The predicted octanol–water partition coefficient (Wildman–Crippen LogP) is 2.55. The van der Waals surface area contributed by atoms with Crippen molar-refractivity contribution in [1.82, 2.24) is 9.88 Å². The van der Waals surface area contributed by atoms with Gasteiger partial charge in [-0.3, -0.25) is 14.7 Å². The minimum atomic E-state index is -0.359. The Labute approximate surface area is 159 Å². The molecule has 5 rings (SSSR count). The second-order valence-corrected chi connectivity index (χ2v) is 7.60. The van der Waals surface area contributed by atoms with E-state index >= 15 is 0 Å². The first-order valence-electron chi connectivity index (χ1n) is 9.55. The summed E-state index contributed by atoms with van der Waals surface area (Å²) in [6, 6.07) is 7.84. The van der Waals surface area contributed by atoms with Crippen LogP contribution < -0.4 is 4.74 Å². The van der Waals surface area contributed by atoms with Gasteiger partial charge in [0, 0.05) is 37.2 Å². The van der Waals surface area contributed by atoms with E-state index in [1.807, 2.05) is 24.3 Å². The summed E-state index contributed by atoms with van der Waals surface area (Å²) in [6.07, 6.45) is 3.44. The van der Waals surface area contributed by atoms with E-state index in [1.54, 1.807) is 13.3 Å². The zero-order valence-corrected chi connectivity index (χ0v) is 15.8. The monoisotopic (exact) mass is 370 g/mol. The number of ether oxygens (including phenoxy) is 2. The summed E-state index contributed by atoms with van der Waals surface area (Å²) in [5, 5.41) is 10.6. The first-order chi connectivity index (χ1) is 13.1. The van der Waals surface area contributed by atoms with Gasteiger partial charge >= 0.3 is 5.97 Å². The SMILES string of the molecule is COc1ccc2nccc([C@@H](OC(C)=O)[C@@H]3C[C@H]4CCN3CC4CO)c2c1. The molecule has 3 saturated heterocycles. The minimum Gasteiger partial charge on any atom is -0.497 e. The quantitative estimate of drug-likeness (QED) is 0.816. The van der Waals surface area contributed by atoms with E-state index < -0.39 is 0 Å². The summed E-state index contributed by atoms with van der Waals surface area (Å²) in [4.78, 5) is 18.8. The molecule has 0 saturated carbocycles. The lowest BCUT2D eigenvalue weighted by molar-refractivity contribution is -0.155. The van der Waals surface area contributed by atoms with E-state index in [0.717, 1.165) is 48.1 Å². The summed E-state index contributed by atoms with van der Waals surface area (Å²) in [6.45, 7) is 3.53. The van der Waals surface area contributed by atoms with Crippen molar-refractivity contribution >= 4 is 16.9 Å². The number of fused-ring (bicyclic) bond motifs is 4. The van der Waals surface area contributed by atoms with Crippen molar-refractivity contribution in [3.63, 3.8) is 0 Å². The van der Waals surface area contributed by atoms with Crippen molar-refractivity contribution in [2.75, 3.05) is 26.8 Å². The van der Waals surface area contributed by atoms with Crippen LogP contribution in [0.4, 0.5) is 0 Å². The maximum atomic E-state index is 11.9. The van der Waals surface area contributed by atoms with E-state index in [4.69, 9.17) is 9.47 Å². The average Bonchev–Trinajstić information content (AvgIpc) is 2.71. The predicted molar refractivity (Wildman–Crippen MR) is 101 cm³/mol. The van der Waals surface area contributed by atoms with Crippen molar-refractivity contribution in [3.05, 3.63) is 36.0 Å². The number of methoxy groups -OCH3 is 1. The fourth-order valence-electron chi connectivity index (χ4n) is 4.75. The van der Waals surface area contributed by atoms with Gasteiger partial charge in [0.2, 0.25) is 0 Å². The molecule has 5 atom stereocenters. The standard InChI is InChI=1S/C21H26N2O4/c1-13(25)27-21(20-9-14-6-8-23(20)11-15(14)12-24)17-5-7-22-19-4-3-16(26-2)10-18(17)19/h3-5,7,10,14-15,20-21,24H,6,8-9,11-12H2,1-2H3/t14-,15?,20+,21-/m1/s1. The number of nitrogens with zero attached hydrogens (tertiary/aromatic N) is 2. The molecule has 0 aliphatic carbocycles. The zero-order chi connectivity index (χ0) is 19.0. The van der Waals surface area contributed by atoms with Gasteiger partial charge in [0.25, 0.3) is 0 Å². The molecule has 0 amide bonds. The zero-order valence-electron chi connectivity index (χ0n) is 15.8. The molecule has 144 valence electrons. The van der Waals surface area contributed by atoms with Gasteiger partial charge in [0.15, 0.2) is 0 Å². The van der Waals surface area contributed by atoms with Gasteiger partial charge in [-0.1, -0.05) is 0 Å². The molecule has 2 bridgehead atoms. The van der Waals surface area contributed by atoms with Crippen molar-refractivity contribution < 1.29 is 19.4 Å². The van der Waals surface area contributed by atoms with Crippen LogP contribution >= 0.6 is 0 Å². The smallest absolute Gasteiger partial charge is 0.303 e. The van der Waals surface area contributed by atoms with Crippen molar-refractivity contribution in [2.24, 2.45) is 11.8 Å². The molecule has 2 unspecified atom stereocenters. The summed E-state index contributed by atoms with van der Waals surface area (Å²) in [5.41, 5.74) is 1.82. The van der Waals surface area contributed by atoms with Crippen LogP contribution in [0.25, 0.3) is 10.9 Å². The largest absolute Gasteiger partial charge is 0.497 e. The van der Waals surface area contributed by atoms with Crippen LogP contribution in [0, 0.1) is 11.8 Å². The van der Waals surface area contributed by atoms with Crippen LogP contribution in [0.15, 0.2) is 30.5 Å². The highest BCUT2D eigenvalue weighted by Gasteiger charge is 2.44. The number of piperidine rings is 3. The maximum Gasteiger partial charge on any atom is 0.303 e. The number of carbonyl (C=O) groups is 1. The fraction of sp³-hybridized carbons (Fsp3) is 0.524. The molecular formula is C21H26N2O4. The Morgan fingerprint density at radius 3 is 2.93 bits per heavy atom. The average molecular weight is 370 g/mol. The van der Waals surface area contributed by atoms with Crippen LogP contribution in [0.2, 0.25) is 0 Å². The molecule has 3 aliphatic heterocycles. The van der Waals surface area contributed by atoms with E-state index in [1.165, 1.54) is 6.92 Å². The summed E-state index contributed by atoms with van der Waals surface area (Å²) in [7, 11) is 1.64. The van der Waals surface area contributed by atoms with Gasteiger partial charge < -0.3 is 14.6 Å². The third-order valence-corrected chi connectivity index (χ3v) is 6.10. The number of hydrogen-bond donors (Lipinski definition) is 1. The lowest BCUT2D eigenvalue weighted by atomic mass is 9.73. The maximum absolute atomic E-state index is 11.9. The molecule has 6 heteroatoms. The molecule has 6 nitrogen and oxygen atoms in total. The lowest BCUT2D eigenvalue weighted by Crippen LogP contribution is -2.56. The van der Waals surface area contributed by atoms with Crippen LogP contribution in [0.5, 0.6) is 5.75 Å². The van der Waals surface area contributed by atoms with Crippen molar-refractivity contribution in [2.45, 2.75) is 31.9 Å². The Balaban J connectivity index is 1.75. The molecule has 0 spiro atoms. The number of aliphatic hydroxyl groups is 1. The van der Waals surface area contributed by atoms with Gasteiger partial charge in [-0.25, -0.2) is 0 Å². The number of benzene rings is 1. The number of aliphatic hydroxyl groups excluding tert-OH is 1. The first-order valence-corrected chi connectivity index (χ1v) is 9.55. The van der Waals surface area contributed by atoms with Gasteiger partial charge in [-0.15, -0.1) is 0 Å². The summed E-state index contributed by atoms with van der Waals surface area (Å²) >= 11 is 0. The third kappa shape index (κ3) is 3.39. The van der Waals surface area contributed by atoms with Gasteiger partial charge in [-0.2, -0.15) is 0 Å². The summed E-state index contributed by atoms with van der Waals surface area (Å²) < 4.78 is 11.3. The van der Waals surface area contributed by atoms with Crippen molar-refractivity contribution in [1.29, 1.82) is 0 Å². The Morgan fingerprint density at radius 2 is 2.26 bits per heavy atom. The Hall–Kier alpha value is -2.18. The highest BCUT2D eigenvalue weighted by molar-refractivity contribution is 5.84. The topological polar surface area (TPSA) is 71.9 Å². The van der Waals surface area contributed by atoms with Crippen LogP contribution in [-0.2, 0) is 9.53 Å². The number of rotatable bonds is 5. The number of carbonyl (C=O) groups excluding carboxylic acids is 1. The molecule has 1 aromatic carbocycles. The molecule has 27 heavy (non-hydrogen) atoms. The third-order valence-electron chi connectivity index (χ3n) is 6.10. The van der Waals surface area contributed by atoms with Gasteiger partial charge in [0.1, 0.15) is 11.9 Å². The minimum absolute atomic E-state index is 0.118. The van der Waals surface area contributed by atoms with E-state index in [9.17, 15) is 9.90 Å². The highest BCUT2D eigenvalue weighted by Crippen LogP contribution is 2.43. The fourth-order valence-corrected chi connectivity index (χ4v) is 4.75. The number of aromatic nitrogens is 1. The van der Waals surface area contributed by atoms with Gasteiger partial charge in [-0.05, 0) is 55.5 Å². The molecule has 1 aromatic heterocycles.